The van der Waals surface area contributed by atoms with E-state index in [0.29, 0.717) is 11.1 Å². The SMILES string of the molecule is CCOC(=O)C(COP(=O)(CCCl)OCC(C(=O)OCC)c1ccccc1)c1ccccc1. The summed E-state index contributed by atoms with van der Waals surface area (Å²) in [7, 11) is -3.73. The summed E-state index contributed by atoms with van der Waals surface area (Å²) in [5.41, 5.74) is 1.34. The van der Waals surface area contributed by atoms with E-state index in [4.69, 9.17) is 30.1 Å². The molecule has 0 spiro atoms. The number of alkyl halides is 1. The largest absolute Gasteiger partial charge is 0.465 e. The lowest BCUT2D eigenvalue weighted by Crippen LogP contribution is -2.23. The Balaban J connectivity index is 2.17. The standard InChI is InChI=1S/C24H30ClO7P/c1-3-29-23(26)21(19-11-7-5-8-12-19)17-31-33(28,16-15-25)32-18-22(24(27)30-4-2)20-13-9-6-10-14-20/h5-14,21-22H,3-4,15-18H2,1-2H3. The number of hydrogen-bond donors (Lipinski definition) is 0. The minimum absolute atomic E-state index is 0.0160. The van der Waals surface area contributed by atoms with Crippen molar-refractivity contribution in [1.29, 1.82) is 0 Å². The van der Waals surface area contributed by atoms with Crippen molar-refractivity contribution in [3.05, 3.63) is 71.8 Å². The van der Waals surface area contributed by atoms with Crippen molar-refractivity contribution in [1.82, 2.24) is 0 Å². The van der Waals surface area contributed by atoms with Crippen LogP contribution in [0.3, 0.4) is 0 Å². The molecule has 0 heterocycles. The number of carbonyl (C=O) groups excluding carboxylic acids is 2. The Hall–Kier alpha value is -2.18. The van der Waals surface area contributed by atoms with Gasteiger partial charge in [0.15, 0.2) is 0 Å². The van der Waals surface area contributed by atoms with Crippen molar-refractivity contribution < 1.29 is 32.7 Å². The molecule has 0 aliphatic carbocycles. The Morgan fingerprint density at radius 1 is 0.788 bits per heavy atom. The fourth-order valence-corrected chi connectivity index (χ4v) is 5.02. The highest BCUT2D eigenvalue weighted by atomic mass is 35.5. The minimum atomic E-state index is -3.73. The van der Waals surface area contributed by atoms with Gasteiger partial charge in [-0.05, 0) is 25.0 Å². The Kier molecular flexibility index (Phi) is 11.6. The van der Waals surface area contributed by atoms with E-state index in [1.165, 1.54) is 0 Å². The average molecular weight is 497 g/mol. The van der Waals surface area contributed by atoms with Gasteiger partial charge in [-0.25, -0.2) is 0 Å². The molecule has 0 amide bonds. The van der Waals surface area contributed by atoms with Crippen LogP contribution in [0, 0.1) is 0 Å². The van der Waals surface area contributed by atoms with Crippen LogP contribution < -0.4 is 0 Å². The highest BCUT2D eigenvalue weighted by Gasteiger charge is 2.32. The molecular formula is C24H30ClO7P. The van der Waals surface area contributed by atoms with E-state index in [1.54, 1.807) is 62.4 Å². The van der Waals surface area contributed by atoms with Crippen LogP contribution in [0.15, 0.2) is 60.7 Å². The molecule has 0 aliphatic rings. The Labute approximate surface area is 199 Å². The maximum atomic E-state index is 13.4. The highest BCUT2D eigenvalue weighted by molar-refractivity contribution is 7.54. The second-order valence-electron chi connectivity index (χ2n) is 7.05. The first-order valence-corrected chi connectivity index (χ1v) is 13.1. The lowest BCUT2D eigenvalue weighted by atomic mass is 10.0. The van der Waals surface area contributed by atoms with Gasteiger partial charge in [0.1, 0.15) is 11.8 Å². The molecule has 180 valence electrons. The van der Waals surface area contributed by atoms with E-state index in [2.05, 4.69) is 0 Å². The van der Waals surface area contributed by atoms with E-state index in [0.717, 1.165) is 0 Å². The summed E-state index contributed by atoms with van der Waals surface area (Å²) in [6, 6.07) is 17.9. The van der Waals surface area contributed by atoms with E-state index < -0.39 is 31.4 Å². The van der Waals surface area contributed by atoms with Crippen molar-refractivity contribution in [2.24, 2.45) is 0 Å². The van der Waals surface area contributed by atoms with Gasteiger partial charge in [-0.2, -0.15) is 0 Å². The van der Waals surface area contributed by atoms with Crippen molar-refractivity contribution in [3.63, 3.8) is 0 Å². The second-order valence-corrected chi connectivity index (χ2v) is 9.61. The van der Waals surface area contributed by atoms with E-state index in [1.807, 2.05) is 12.1 Å². The van der Waals surface area contributed by atoms with Gasteiger partial charge in [0, 0.05) is 5.88 Å². The first-order valence-electron chi connectivity index (χ1n) is 10.8. The normalized spacial score (nSPS) is 14.6. The van der Waals surface area contributed by atoms with Crippen LogP contribution in [0.4, 0.5) is 0 Å². The fourth-order valence-electron chi connectivity index (χ4n) is 3.10. The van der Waals surface area contributed by atoms with Gasteiger partial charge in [0.25, 0.3) is 0 Å². The molecule has 2 aromatic carbocycles. The molecule has 0 N–H and O–H groups in total. The number of hydrogen-bond acceptors (Lipinski definition) is 7. The summed E-state index contributed by atoms with van der Waals surface area (Å²) in [5, 5.41) is 0. The third-order valence-electron chi connectivity index (χ3n) is 4.78. The highest BCUT2D eigenvalue weighted by Crippen LogP contribution is 2.50. The maximum absolute atomic E-state index is 13.4. The Bertz CT molecular complexity index is 838. The summed E-state index contributed by atoms with van der Waals surface area (Å²) in [4.78, 5) is 25.0. The molecule has 0 aromatic heterocycles. The monoisotopic (exact) mass is 496 g/mol. The molecule has 0 fully saturated rings. The zero-order valence-electron chi connectivity index (χ0n) is 18.9. The van der Waals surface area contributed by atoms with Crippen LogP contribution in [0.1, 0.15) is 36.8 Å². The fraction of sp³-hybridized carbons (Fsp3) is 0.417. The van der Waals surface area contributed by atoms with Crippen LogP contribution >= 0.6 is 19.2 Å². The van der Waals surface area contributed by atoms with Crippen LogP contribution in [-0.4, -0.2) is 50.4 Å². The number of esters is 2. The first kappa shape index (κ1) is 27.1. The molecule has 2 aromatic rings. The van der Waals surface area contributed by atoms with Crippen LogP contribution in [0.2, 0.25) is 0 Å². The van der Waals surface area contributed by atoms with Crippen molar-refractivity contribution >= 4 is 31.1 Å². The van der Waals surface area contributed by atoms with E-state index >= 15 is 0 Å². The number of rotatable bonds is 14. The average Bonchev–Trinajstić information content (AvgIpc) is 2.81. The molecule has 0 bridgehead atoms. The van der Waals surface area contributed by atoms with Crippen molar-refractivity contribution in [2.75, 3.05) is 38.5 Å². The summed E-state index contributed by atoms with van der Waals surface area (Å²) >= 11 is 5.86. The van der Waals surface area contributed by atoms with Crippen LogP contribution in [0.5, 0.6) is 0 Å². The zero-order valence-corrected chi connectivity index (χ0v) is 20.5. The van der Waals surface area contributed by atoms with Crippen LogP contribution in [-0.2, 0) is 32.7 Å². The third-order valence-corrected chi connectivity index (χ3v) is 7.09. The molecule has 0 radical (unpaired) electrons. The molecular weight excluding hydrogens is 467 g/mol. The zero-order chi connectivity index (χ0) is 24.1. The number of ether oxygens (including phenoxy) is 2. The molecule has 2 unspecified atom stereocenters. The van der Waals surface area contributed by atoms with Gasteiger partial charge in [-0.3, -0.25) is 14.2 Å². The van der Waals surface area contributed by atoms with Gasteiger partial charge in [0.05, 0.1) is 32.6 Å². The lowest BCUT2D eigenvalue weighted by molar-refractivity contribution is -0.146. The van der Waals surface area contributed by atoms with Gasteiger partial charge < -0.3 is 18.5 Å². The molecule has 0 saturated carbocycles. The summed E-state index contributed by atoms with van der Waals surface area (Å²) in [6.07, 6.45) is -0.0801. The first-order chi connectivity index (χ1) is 15.9. The van der Waals surface area contributed by atoms with Gasteiger partial charge >= 0.3 is 19.5 Å². The van der Waals surface area contributed by atoms with Gasteiger partial charge in [0.2, 0.25) is 0 Å². The Morgan fingerprint density at radius 2 is 1.18 bits per heavy atom. The van der Waals surface area contributed by atoms with E-state index in [9.17, 15) is 14.2 Å². The molecule has 2 atom stereocenters. The summed E-state index contributed by atoms with van der Waals surface area (Å²) in [6.45, 7) is 3.40. The second kappa shape index (κ2) is 14.2. The van der Waals surface area contributed by atoms with Crippen molar-refractivity contribution in [3.8, 4) is 0 Å². The predicted molar refractivity (Wildman–Crippen MR) is 127 cm³/mol. The van der Waals surface area contributed by atoms with Crippen LogP contribution in [0.25, 0.3) is 0 Å². The third kappa shape index (κ3) is 8.59. The van der Waals surface area contributed by atoms with Gasteiger partial charge in [-0.1, -0.05) is 60.7 Å². The van der Waals surface area contributed by atoms with E-state index in [-0.39, 0.29) is 38.5 Å². The topological polar surface area (TPSA) is 88.1 Å². The molecule has 9 heteroatoms. The summed E-state index contributed by atoms with van der Waals surface area (Å²) in [5.74, 6) is -2.53. The smallest absolute Gasteiger partial charge is 0.331 e. The molecule has 0 aliphatic heterocycles. The minimum Gasteiger partial charge on any atom is -0.465 e. The maximum Gasteiger partial charge on any atom is 0.331 e. The van der Waals surface area contributed by atoms with Gasteiger partial charge in [-0.15, -0.1) is 11.6 Å². The molecule has 33 heavy (non-hydrogen) atoms. The molecule has 7 nitrogen and oxygen atoms in total. The number of halogens is 1. The molecule has 2 rings (SSSR count). The van der Waals surface area contributed by atoms with Crippen molar-refractivity contribution in [2.45, 2.75) is 25.7 Å². The quantitative estimate of drug-likeness (QED) is 0.203. The number of carbonyl (C=O) groups is 2. The Morgan fingerprint density at radius 3 is 1.52 bits per heavy atom. The summed E-state index contributed by atoms with van der Waals surface area (Å²) < 4.78 is 35.1. The lowest BCUT2D eigenvalue weighted by Gasteiger charge is -2.23. The number of benzene rings is 2. The molecule has 0 saturated heterocycles. The predicted octanol–water partition coefficient (Wildman–Crippen LogP) is 5.15.